The highest BCUT2D eigenvalue weighted by atomic mass is 16.5. The topological polar surface area (TPSA) is 69.4 Å². The summed E-state index contributed by atoms with van der Waals surface area (Å²) in [5.41, 5.74) is 5.23. The van der Waals surface area contributed by atoms with Gasteiger partial charge in [-0.15, -0.1) is 0 Å². The lowest BCUT2D eigenvalue weighted by molar-refractivity contribution is -0.142. The number of hydrogen-bond acceptors (Lipinski definition) is 4. The number of nitrogens with two attached hydrogens (primary N) is 1. The zero-order valence-corrected chi connectivity index (χ0v) is 5.66. The molecule has 0 aliphatic carbocycles. The predicted molar refractivity (Wildman–Crippen MR) is 34.9 cm³/mol. The van der Waals surface area contributed by atoms with E-state index in [4.69, 9.17) is 5.73 Å². The van der Waals surface area contributed by atoms with Crippen LogP contribution in [0.15, 0.2) is 6.08 Å². The lowest BCUT2D eigenvalue weighted by Crippen LogP contribution is -2.30. The molecule has 0 fully saturated rings. The monoisotopic (exact) mass is 143 g/mol. The Morgan fingerprint density at radius 3 is 2.90 bits per heavy atom. The van der Waals surface area contributed by atoms with Gasteiger partial charge in [-0.05, 0) is 0 Å². The number of ether oxygens (including phenoxy) is 1. The van der Waals surface area contributed by atoms with Gasteiger partial charge >= 0.3 is 5.97 Å². The van der Waals surface area contributed by atoms with E-state index in [2.05, 4.69) is 4.74 Å². The van der Waals surface area contributed by atoms with Crippen molar-refractivity contribution in [2.24, 2.45) is 5.73 Å². The second kappa shape index (κ2) is 4.73. The highest BCUT2D eigenvalue weighted by Crippen LogP contribution is 1.89. The normalized spacial score (nSPS) is 11.4. The largest absolute Gasteiger partial charge is 0.468 e. The molecular formula is C6H9NO3. The van der Waals surface area contributed by atoms with E-state index in [0.717, 1.165) is 6.08 Å². The van der Waals surface area contributed by atoms with E-state index in [9.17, 15) is 9.59 Å². The molecule has 0 spiro atoms. The molecule has 0 rings (SSSR count). The molecule has 56 valence electrons. The van der Waals surface area contributed by atoms with Crippen LogP contribution in [0.3, 0.4) is 0 Å². The first-order valence-electron chi connectivity index (χ1n) is 2.75. The van der Waals surface area contributed by atoms with E-state index in [1.165, 1.54) is 13.1 Å². The minimum Gasteiger partial charge on any atom is -0.468 e. The van der Waals surface area contributed by atoms with Crippen molar-refractivity contribution in [1.29, 1.82) is 0 Å². The molecule has 1 atom stereocenters. The highest BCUT2D eigenvalue weighted by Gasteiger charge is 2.10. The zero-order valence-electron chi connectivity index (χ0n) is 5.66. The van der Waals surface area contributed by atoms with Crippen molar-refractivity contribution in [1.82, 2.24) is 0 Å². The van der Waals surface area contributed by atoms with E-state index in [0.29, 0.717) is 0 Å². The van der Waals surface area contributed by atoms with Gasteiger partial charge in [0.1, 0.15) is 12.0 Å². The summed E-state index contributed by atoms with van der Waals surface area (Å²) in [6.07, 6.45) is 1.33. The van der Waals surface area contributed by atoms with Crippen molar-refractivity contribution >= 4 is 11.9 Å². The van der Waals surface area contributed by atoms with Crippen molar-refractivity contribution in [3.05, 3.63) is 6.08 Å². The molecule has 0 aromatic carbocycles. The second-order valence-electron chi connectivity index (χ2n) is 1.69. The van der Waals surface area contributed by atoms with Crippen LogP contribution in [-0.4, -0.2) is 25.1 Å². The smallest absolute Gasteiger partial charge is 0.322 e. The van der Waals surface area contributed by atoms with Crippen LogP contribution < -0.4 is 5.73 Å². The average molecular weight is 143 g/mol. The maximum atomic E-state index is 10.5. The fourth-order valence-electron chi connectivity index (χ4n) is 0.423. The van der Waals surface area contributed by atoms with Crippen LogP contribution >= 0.6 is 0 Å². The molecule has 0 amide bonds. The standard InChI is InChI=1S/C6H9NO3/c1-10-6(9)5(7)3-2-4-8/h2,5H,3,7H2,1H3/t5-/m0/s1. The molecule has 0 aromatic rings. The number of carbonyl (C=O) groups is 1. The third-order valence-corrected chi connectivity index (χ3v) is 0.959. The van der Waals surface area contributed by atoms with E-state index < -0.39 is 12.0 Å². The Morgan fingerprint density at radius 1 is 1.90 bits per heavy atom. The number of esters is 1. The average Bonchev–Trinajstić information content (AvgIpc) is 1.98. The maximum Gasteiger partial charge on any atom is 0.322 e. The minimum absolute atomic E-state index is 0.177. The van der Waals surface area contributed by atoms with Gasteiger partial charge in [-0.1, -0.05) is 0 Å². The lowest BCUT2D eigenvalue weighted by atomic mass is 10.2. The van der Waals surface area contributed by atoms with Gasteiger partial charge < -0.3 is 10.5 Å². The van der Waals surface area contributed by atoms with Crippen molar-refractivity contribution in [2.45, 2.75) is 12.5 Å². The Kier molecular flexibility index (Phi) is 4.20. The van der Waals surface area contributed by atoms with Crippen LogP contribution in [0, 0.1) is 0 Å². The fourth-order valence-corrected chi connectivity index (χ4v) is 0.423. The van der Waals surface area contributed by atoms with E-state index in [1.54, 1.807) is 0 Å². The first-order chi connectivity index (χ1) is 4.72. The third kappa shape index (κ3) is 3.02. The molecule has 4 heteroatoms. The Bertz CT molecular complexity index is 160. The van der Waals surface area contributed by atoms with Crippen molar-refractivity contribution in [3.8, 4) is 0 Å². The van der Waals surface area contributed by atoms with Crippen molar-refractivity contribution in [3.63, 3.8) is 0 Å². The van der Waals surface area contributed by atoms with Crippen molar-refractivity contribution < 1.29 is 14.3 Å². The van der Waals surface area contributed by atoms with Gasteiger partial charge in [0.05, 0.1) is 7.11 Å². The molecule has 0 aromatic heterocycles. The van der Waals surface area contributed by atoms with Crippen LogP contribution in [0.4, 0.5) is 0 Å². The molecule has 0 heterocycles. The number of methoxy groups -OCH3 is 1. The molecule has 0 saturated carbocycles. The molecule has 4 nitrogen and oxygen atoms in total. The first kappa shape index (κ1) is 8.88. The number of carbonyl (C=O) groups excluding carboxylic acids is 2. The highest BCUT2D eigenvalue weighted by molar-refractivity contribution is 5.75. The SMILES string of the molecule is COC(=O)[C@@H](N)CC=C=O. The molecular weight excluding hydrogens is 134 g/mol. The molecule has 10 heavy (non-hydrogen) atoms. The van der Waals surface area contributed by atoms with Gasteiger partial charge in [0, 0.05) is 12.5 Å². The summed E-state index contributed by atoms with van der Waals surface area (Å²) in [6.45, 7) is 0. The van der Waals surface area contributed by atoms with Gasteiger partial charge in [-0.2, -0.15) is 0 Å². The van der Waals surface area contributed by atoms with Crippen LogP contribution in [0.5, 0.6) is 0 Å². The molecule has 0 radical (unpaired) electrons. The van der Waals surface area contributed by atoms with Gasteiger partial charge in [0.15, 0.2) is 0 Å². The Morgan fingerprint density at radius 2 is 2.50 bits per heavy atom. The molecule has 0 bridgehead atoms. The summed E-state index contributed by atoms with van der Waals surface area (Å²) >= 11 is 0. The summed E-state index contributed by atoms with van der Waals surface area (Å²) in [4.78, 5) is 20.2. The fraction of sp³-hybridized carbons (Fsp3) is 0.500. The zero-order chi connectivity index (χ0) is 7.98. The number of rotatable bonds is 3. The van der Waals surface area contributed by atoms with Gasteiger partial charge in [-0.3, -0.25) is 4.79 Å². The summed E-state index contributed by atoms with van der Waals surface area (Å²) < 4.78 is 4.30. The van der Waals surface area contributed by atoms with E-state index in [-0.39, 0.29) is 6.42 Å². The van der Waals surface area contributed by atoms with Gasteiger partial charge in [0.2, 0.25) is 0 Å². The van der Waals surface area contributed by atoms with Gasteiger partial charge in [0.25, 0.3) is 0 Å². The maximum absolute atomic E-state index is 10.5. The Labute approximate surface area is 58.7 Å². The second-order valence-corrected chi connectivity index (χ2v) is 1.69. The Balaban J connectivity index is 3.72. The van der Waals surface area contributed by atoms with E-state index in [1.807, 2.05) is 0 Å². The van der Waals surface area contributed by atoms with E-state index >= 15 is 0 Å². The molecule has 0 saturated heterocycles. The molecule has 0 aliphatic heterocycles. The van der Waals surface area contributed by atoms with Crippen LogP contribution in [0.2, 0.25) is 0 Å². The van der Waals surface area contributed by atoms with Crippen LogP contribution in [0.25, 0.3) is 0 Å². The first-order valence-corrected chi connectivity index (χ1v) is 2.75. The lowest BCUT2D eigenvalue weighted by Gasteiger charge is -2.03. The molecule has 0 unspecified atom stereocenters. The van der Waals surface area contributed by atoms with Crippen LogP contribution in [-0.2, 0) is 14.3 Å². The summed E-state index contributed by atoms with van der Waals surface area (Å²) in [7, 11) is 1.24. The summed E-state index contributed by atoms with van der Waals surface area (Å²) in [5.74, 6) is 0.993. The quantitative estimate of drug-likeness (QED) is 0.417. The molecule has 0 aliphatic rings. The van der Waals surface area contributed by atoms with Crippen LogP contribution in [0.1, 0.15) is 6.42 Å². The third-order valence-electron chi connectivity index (χ3n) is 0.959. The summed E-state index contributed by atoms with van der Waals surface area (Å²) in [6, 6.07) is -0.744. The summed E-state index contributed by atoms with van der Waals surface area (Å²) in [5, 5.41) is 0. The number of hydrogen-bond donors (Lipinski definition) is 1. The minimum atomic E-state index is -0.744. The Hall–Kier alpha value is -1.12. The van der Waals surface area contributed by atoms with Crippen molar-refractivity contribution in [2.75, 3.05) is 7.11 Å². The van der Waals surface area contributed by atoms with Gasteiger partial charge in [-0.25, -0.2) is 4.79 Å². The molecule has 2 N–H and O–H groups in total. The predicted octanol–water partition coefficient (Wildman–Crippen LogP) is -0.735.